The van der Waals surface area contributed by atoms with Gasteiger partial charge in [-0.1, -0.05) is 43.1 Å². The van der Waals surface area contributed by atoms with Crippen molar-refractivity contribution < 1.29 is 4.74 Å². The molecule has 4 heteroatoms. The zero-order valence-electron chi connectivity index (χ0n) is 11.2. The molecule has 0 bridgehead atoms. The highest BCUT2D eigenvalue weighted by atomic mass is 35.5. The van der Waals surface area contributed by atoms with Crippen LogP contribution in [0.2, 0.25) is 5.15 Å². The van der Waals surface area contributed by atoms with Gasteiger partial charge in [0.1, 0.15) is 16.7 Å². The summed E-state index contributed by atoms with van der Waals surface area (Å²) in [6, 6.07) is 9.71. The lowest BCUT2D eigenvalue weighted by Gasteiger charge is -2.08. The third kappa shape index (κ3) is 3.67. The molecule has 0 aliphatic carbocycles. The molecule has 0 fully saturated rings. The van der Waals surface area contributed by atoms with Crippen LogP contribution in [0, 0.1) is 0 Å². The molecule has 0 saturated carbocycles. The molecule has 1 heterocycles. The Labute approximate surface area is 118 Å². The first-order valence-electron chi connectivity index (χ1n) is 6.37. The first-order chi connectivity index (χ1) is 9.22. The van der Waals surface area contributed by atoms with E-state index in [9.17, 15) is 0 Å². The van der Waals surface area contributed by atoms with E-state index in [1.54, 1.807) is 7.11 Å². The topological polar surface area (TPSA) is 35.0 Å². The standard InChI is InChI=1S/C15H17ClN2O/c1-3-6-12-10-14(16)18-15(17-12)9-11-7-4-5-8-13(11)19-2/h4-5,7-8,10H,3,6,9H2,1-2H3. The van der Waals surface area contributed by atoms with E-state index in [0.717, 1.165) is 35.7 Å². The van der Waals surface area contributed by atoms with Gasteiger partial charge in [0.25, 0.3) is 0 Å². The van der Waals surface area contributed by atoms with Crippen molar-refractivity contribution in [3.05, 3.63) is 52.6 Å². The Morgan fingerprint density at radius 2 is 2.00 bits per heavy atom. The highest BCUT2D eigenvalue weighted by Gasteiger charge is 2.07. The zero-order chi connectivity index (χ0) is 13.7. The van der Waals surface area contributed by atoms with Crippen LogP contribution in [0.4, 0.5) is 0 Å². The smallest absolute Gasteiger partial charge is 0.134 e. The fourth-order valence-corrected chi connectivity index (χ4v) is 2.22. The molecular formula is C15H17ClN2O. The Kier molecular flexibility index (Phi) is 4.74. The van der Waals surface area contributed by atoms with Gasteiger partial charge in [-0.2, -0.15) is 0 Å². The molecule has 0 unspecified atom stereocenters. The summed E-state index contributed by atoms with van der Waals surface area (Å²) in [5.74, 6) is 1.59. The molecule has 0 atom stereocenters. The number of rotatable bonds is 5. The number of benzene rings is 1. The van der Waals surface area contributed by atoms with Gasteiger partial charge in [0, 0.05) is 17.7 Å². The van der Waals surface area contributed by atoms with Gasteiger partial charge < -0.3 is 4.74 Å². The van der Waals surface area contributed by atoms with Crippen LogP contribution in [0.15, 0.2) is 30.3 Å². The summed E-state index contributed by atoms with van der Waals surface area (Å²) >= 11 is 6.04. The summed E-state index contributed by atoms with van der Waals surface area (Å²) in [5, 5.41) is 0.503. The van der Waals surface area contributed by atoms with Crippen LogP contribution in [0.25, 0.3) is 0 Å². The van der Waals surface area contributed by atoms with E-state index in [0.29, 0.717) is 11.6 Å². The van der Waals surface area contributed by atoms with E-state index in [4.69, 9.17) is 16.3 Å². The average molecular weight is 277 g/mol. The van der Waals surface area contributed by atoms with Gasteiger partial charge >= 0.3 is 0 Å². The molecule has 100 valence electrons. The number of nitrogens with zero attached hydrogens (tertiary/aromatic N) is 2. The van der Waals surface area contributed by atoms with Crippen LogP contribution in [0.3, 0.4) is 0 Å². The summed E-state index contributed by atoms with van der Waals surface area (Å²) in [5.41, 5.74) is 2.06. The van der Waals surface area contributed by atoms with E-state index in [-0.39, 0.29) is 0 Å². The molecule has 2 aromatic rings. The van der Waals surface area contributed by atoms with Crippen molar-refractivity contribution in [2.75, 3.05) is 7.11 Å². The van der Waals surface area contributed by atoms with E-state index in [2.05, 4.69) is 16.9 Å². The largest absolute Gasteiger partial charge is 0.496 e. The minimum atomic E-state index is 0.503. The molecule has 19 heavy (non-hydrogen) atoms. The Balaban J connectivity index is 2.27. The highest BCUT2D eigenvalue weighted by Crippen LogP contribution is 2.20. The van der Waals surface area contributed by atoms with Gasteiger partial charge in [0.05, 0.1) is 7.11 Å². The third-order valence-corrected chi connectivity index (χ3v) is 3.04. The molecular weight excluding hydrogens is 260 g/mol. The zero-order valence-corrected chi connectivity index (χ0v) is 11.9. The molecule has 1 aromatic heterocycles. The van der Waals surface area contributed by atoms with E-state index >= 15 is 0 Å². The maximum atomic E-state index is 6.04. The highest BCUT2D eigenvalue weighted by molar-refractivity contribution is 6.29. The number of hydrogen-bond acceptors (Lipinski definition) is 3. The lowest BCUT2D eigenvalue weighted by Crippen LogP contribution is -2.02. The molecule has 0 radical (unpaired) electrons. The Morgan fingerprint density at radius 3 is 2.74 bits per heavy atom. The van der Waals surface area contributed by atoms with Crippen molar-refractivity contribution >= 4 is 11.6 Å². The van der Waals surface area contributed by atoms with Gasteiger partial charge in [-0.05, 0) is 18.6 Å². The lowest BCUT2D eigenvalue weighted by atomic mass is 10.1. The van der Waals surface area contributed by atoms with Crippen LogP contribution in [-0.2, 0) is 12.8 Å². The number of halogens is 1. The monoisotopic (exact) mass is 276 g/mol. The second-order valence-corrected chi connectivity index (χ2v) is 4.72. The third-order valence-electron chi connectivity index (χ3n) is 2.84. The Morgan fingerprint density at radius 1 is 1.21 bits per heavy atom. The summed E-state index contributed by atoms with van der Waals surface area (Å²) in [6.45, 7) is 2.12. The predicted molar refractivity (Wildman–Crippen MR) is 76.8 cm³/mol. The molecule has 0 aliphatic heterocycles. The quantitative estimate of drug-likeness (QED) is 0.782. The summed E-state index contributed by atoms with van der Waals surface area (Å²) in [6.07, 6.45) is 2.59. The molecule has 0 aliphatic rings. The van der Waals surface area contributed by atoms with Crippen LogP contribution in [-0.4, -0.2) is 17.1 Å². The van der Waals surface area contributed by atoms with Crippen molar-refractivity contribution in [3.63, 3.8) is 0 Å². The lowest BCUT2D eigenvalue weighted by molar-refractivity contribution is 0.410. The number of methoxy groups -OCH3 is 1. The minimum Gasteiger partial charge on any atom is -0.496 e. The van der Waals surface area contributed by atoms with Gasteiger partial charge in [-0.3, -0.25) is 0 Å². The van der Waals surface area contributed by atoms with Crippen molar-refractivity contribution in [3.8, 4) is 5.75 Å². The molecule has 3 nitrogen and oxygen atoms in total. The van der Waals surface area contributed by atoms with E-state index in [1.807, 2.05) is 30.3 Å². The number of hydrogen-bond donors (Lipinski definition) is 0. The number of aryl methyl sites for hydroxylation is 1. The first-order valence-corrected chi connectivity index (χ1v) is 6.75. The van der Waals surface area contributed by atoms with Crippen molar-refractivity contribution in [2.45, 2.75) is 26.2 Å². The van der Waals surface area contributed by atoms with E-state index < -0.39 is 0 Å². The molecule has 0 amide bonds. The second-order valence-electron chi connectivity index (χ2n) is 4.34. The first kappa shape index (κ1) is 13.8. The predicted octanol–water partition coefficient (Wildman–Crippen LogP) is 3.68. The van der Waals surface area contributed by atoms with Gasteiger partial charge in [0.15, 0.2) is 0 Å². The Bertz CT molecular complexity index is 558. The molecule has 0 saturated heterocycles. The SMILES string of the molecule is CCCc1cc(Cl)nc(Cc2ccccc2OC)n1. The number of ether oxygens (including phenoxy) is 1. The fraction of sp³-hybridized carbons (Fsp3) is 0.333. The Hall–Kier alpha value is -1.61. The average Bonchev–Trinajstić information content (AvgIpc) is 2.39. The number of para-hydroxylation sites is 1. The maximum absolute atomic E-state index is 6.04. The maximum Gasteiger partial charge on any atom is 0.134 e. The van der Waals surface area contributed by atoms with Crippen LogP contribution >= 0.6 is 11.6 Å². The van der Waals surface area contributed by atoms with Crippen LogP contribution < -0.4 is 4.74 Å². The van der Waals surface area contributed by atoms with Crippen LogP contribution in [0.1, 0.15) is 30.4 Å². The normalized spacial score (nSPS) is 10.5. The van der Waals surface area contributed by atoms with Gasteiger partial charge in [-0.15, -0.1) is 0 Å². The minimum absolute atomic E-state index is 0.503. The molecule has 0 spiro atoms. The van der Waals surface area contributed by atoms with Crippen molar-refractivity contribution in [1.82, 2.24) is 9.97 Å². The van der Waals surface area contributed by atoms with Gasteiger partial charge in [-0.25, -0.2) is 9.97 Å². The summed E-state index contributed by atoms with van der Waals surface area (Å²) < 4.78 is 5.34. The fourth-order valence-electron chi connectivity index (χ4n) is 2.00. The van der Waals surface area contributed by atoms with Crippen molar-refractivity contribution in [1.29, 1.82) is 0 Å². The van der Waals surface area contributed by atoms with Crippen LogP contribution in [0.5, 0.6) is 5.75 Å². The summed E-state index contributed by atoms with van der Waals surface area (Å²) in [4.78, 5) is 8.83. The molecule has 1 aromatic carbocycles. The molecule has 2 rings (SSSR count). The second kappa shape index (κ2) is 6.53. The van der Waals surface area contributed by atoms with Gasteiger partial charge in [0.2, 0.25) is 0 Å². The summed E-state index contributed by atoms with van der Waals surface area (Å²) in [7, 11) is 1.67. The van der Waals surface area contributed by atoms with E-state index in [1.165, 1.54) is 0 Å². The van der Waals surface area contributed by atoms with Crippen molar-refractivity contribution in [2.24, 2.45) is 0 Å². The number of aromatic nitrogens is 2. The molecule has 0 N–H and O–H groups in total.